The Labute approximate surface area is 178 Å². The first-order chi connectivity index (χ1) is 14.5. The molecular formula is C22H19ClN4O3. The molecule has 0 aliphatic carbocycles. The molecule has 0 fully saturated rings. The van der Waals surface area contributed by atoms with E-state index in [0.29, 0.717) is 28.0 Å². The normalized spacial score (nSPS) is 15.2. The lowest BCUT2D eigenvalue weighted by Crippen LogP contribution is -2.21. The van der Waals surface area contributed by atoms with Gasteiger partial charge in [0.2, 0.25) is 11.8 Å². The molecule has 4 rings (SSSR count). The topological polar surface area (TPSA) is 106 Å². The molecule has 1 aliphatic heterocycles. The number of nitriles is 1. The van der Waals surface area contributed by atoms with Crippen LogP contribution in [0.15, 0.2) is 53.9 Å². The predicted molar refractivity (Wildman–Crippen MR) is 111 cm³/mol. The molecule has 0 unspecified atom stereocenters. The number of aryl methyl sites for hydroxylation is 1. The Morgan fingerprint density at radius 3 is 2.73 bits per heavy atom. The number of nitrogens with two attached hydrogens (primary N) is 1. The maximum atomic E-state index is 9.73. The van der Waals surface area contributed by atoms with Crippen LogP contribution in [0.1, 0.15) is 28.3 Å². The van der Waals surface area contributed by atoms with Gasteiger partial charge in [0.15, 0.2) is 0 Å². The highest BCUT2D eigenvalue weighted by Crippen LogP contribution is 2.43. The fraction of sp³-hybridized carbons (Fsp3) is 0.182. The van der Waals surface area contributed by atoms with Crippen LogP contribution in [0.2, 0.25) is 5.02 Å². The van der Waals surface area contributed by atoms with Gasteiger partial charge in [0.25, 0.3) is 0 Å². The number of nitrogens with one attached hydrogen (secondary N) is 1. The lowest BCUT2D eigenvalue weighted by atomic mass is 9.83. The maximum absolute atomic E-state index is 9.73. The van der Waals surface area contributed by atoms with E-state index in [1.807, 2.05) is 25.1 Å². The maximum Gasteiger partial charge on any atom is 0.244 e. The molecule has 30 heavy (non-hydrogen) atoms. The summed E-state index contributed by atoms with van der Waals surface area (Å²) in [4.78, 5) is 0. The van der Waals surface area contributed by atoms with E-state index >= 15 is 0 Å². The number of methoxy groups -OCH3 is 1. The molecular weight excluding hydrogens is 404 g/mol. The summed E-state index contributed by atoms with van der Waals surface area (Å²) in [6, 6.07) is 15.0. The summed E-state index contributed by atoms with van der Waals surface area (Å²) in [5, 5.41) is 17.4. The third-order valence-corrected chi connectivity index (χ3v) is 5.23. The van der Waals surface area contributed by atoms with Crippen molar-refractivity contribution in [2.45, 2.75) is 19.4 Å². The zero-order valence-electron chi connectivity index (χ0n) is 16.4. The first-order valence-electron chi connectivity index (χ1n) is 9.19. The van der Waals surface area contributed by atoms with Crippen LogP contribution in [0, 0.1) is 18.3 Å². The molecule has 0 saturated heterocycles. The highest BCUT2D eigenvalue weighted by molar-refractivity contribution is 6.30. The number of aromatic nitrogens is 2. The van der Waals surface area contributed by atoms with Gasteiger partial charge in [-0.2, -0.15) is 5.26 Å². The van der Waals surface area contributed by atoms with Gasteiger partial charge in [-0.05, 0) is 48.9 Å². The molecule has 0 amide bonds. The van der Waals surface area contributed by atoms with Crippen molar-refractivity contribution in [3.63, 3.8) is 0 Å². The zero-order chi connectivity index (χ0) is 21.3. The van der Waals surface area contributed by atoms with E-state index < -0.39 is 5.92 Å². The van der Waals surface area contributed by atoms with E-state index in [1.165, 1.54) is 0 Å². The molecule has 0 saturated carbocycles. The van der Waals surface area contributed by atoms with Crippen LogP contribution >= 0.6 is 11.6 Å². The minimum absolute atomic E-state index is 0.0521. The first kappa shape index (κ1) is 19.7. The van der Waals surface area contributed by atoms with Gasteiger partial charge in [-0.3, -0.25) is 5.10 Å². The van der Waals surface area contributed by atoms with Gasteiger partial charge in [-0.25, -0.2) is 0 Å². The molecule has 1 atom stereocenters. The van der Waals surface area contributed by atoms with E-state index in [4.69, 9.17) is 31.5 Å². The van der Waals surface area contributed by atoms with Gasteiger partial charge < -0.3 is 19.9 Å². The van der Waals surface area contributed by atoms with Crippen LogP contribution in [0.3, 0.4) is 0 Å². The molecule has 8 heteroatoms. The monoisotopic (exact) mass is 422 g/mol. The fourth-order valence-corrected chi connectivity index (χ4v) is 3.64. The van der Waals surface area contributed by atoms with Crippen LogP contribution in [0.5, 0.6) is 17.4 Å². The van der Waals surface area contributed by atoms with E-state index in [9.17, 15) is 5.26 Å². The number of benzene rings is 2. The van der Waals surface area contributed by atoms with Crippen molar-refractivity contribution in [2.75, 3.05) is 7.11 Å². The van der Waals surface area contributed by atoms with E-state index in [1.54, 1.807) is 31.4 Å². The number of ether oxygens (including phenoxy) is 3. The molecule has 0 radical (unpaired) electrons. The van der Waals surface area contributed by atoms with Gasteiger partial charge in [0, 0.05) is 21.8 Å². The van der Waals surface area contributed by atoms with E-state index in [0.717, 1.165) is 22.4 Å². The molecule has 0 bridgehead atoms. The zero-order valence-corrected chi connectivity index (χ0v) is 17.2. The largest absolute Gasteiger partial charge is 0.496 e. The number of rotatable bonds is 5. The Balaban J connectivity index is 1.72. The third kappa shape index (κ3) is 3.53. The van der Waals surface area contributed by atoms with Crippen molar-refractivity contribution in [3.05, 3.63) is 81.3 Å². The summed E-state index contributed by atoms with van der Waals surface area (Å²) in [6.07, 6.45) is 0. The highest BCUT2D eigenvalue weighted by Gasteiger charge is 2.34. The lowest BCUT2D eigenvalue weighted by molar-refractivity contribution is 0.296. The lowest BCUT2D eigenvalue weighted by Gasteiger charge is -2.24. The van der Waals surface area contributed by atoms with E-state index in [2.05, 4.69) is 16.3 Å². The van der Waals surface area contributed by atoms with Crippen molar-refractivity contribution in [1.82, 2.24) is 10.2 Å². The quantitative estimate of drug-likeness (QED) is 0.638. The molecule has 3 aromatic rings. The number of fused-ring (bicyclic) bond motifs is 1. The summed E-state index contributed by atoms with van der Waals surface area (Å²) in [5.41, 5.74) is 9.62. The molecule has 2 aromatic carbocycles. The SMILES string of the molecule is COc1ccc([C@H]2C(C#N)=C(N)Oc3n[nH]c(C)c32)cc1COc1ccc(Cl)cc1. The average molecular weight is 423 g/mol. The number of allylic oxidation sites excluding steroid dienone is 1. The summed E-state index contributed by atoms with van der Waals surface area (Å²) >= 11 is 5.93. The summed E-state index contributed by atoms with van der Waals surface area (Å²) in [7, 11) is 1.60. The Bertz CT molecular complexity index is 1160. The second-order valence-electron chi connectivity index (χ2n) is 6.81. The Hall–Kier alpha value is -3.63. The fourth-order valence-electron chi connectivity index (χ4n) is 3.51. The van der Waals surface area contributed by atoms with Crippen LogP contribution < -0.4 is 19.9 Å². The molecule has 7 nitrogen and oxygen atoms in total. The second-order valence-corrected chi connectivity index (χ2v) is 7.24. The van der Waals surface area contributed by atoms with Gasteiger partial charge in [-0.1, -0.05) is 17.7 Å². The Morgan fingerprint density at radius 1 is 1.27 bits per heavy atom. The number of hydrogen-bond donors (Lipinski definition) is 2. The molecule has 1 aromatic heterocycles. The van der Waals surface area contributed by atoms with Crippen molar-refractivity contribution in [2.24, 2.45) is 5.73 Å². The second kappa shape index (κ2) is 8.01. The minimum atomic E-state index is -0.405. The predicted octanol–water partition coefficient (Wildman–Crippen LogP) is 4.18. The third-order valence-electron chi connectivity index (χ3n) is 4.98. The number of hydrogen-bond acceptors (Lipinski definition) is 6. The first-order valence-corrected chi connectivity index (χ1v) is 9.57. The minimum Gasteiger partial charge on any atom is -0.496 e. The molecule has 1 aliphatic rings. The summed E-state index contributed by atoms with van der Waals surface area (Å²) < 4.78 is 16.9. The van der Waals surface area contributed by atoms with Crippen molar-refractivity contribution >= 4 is 11.6 Å². The van der Waals surface area contributed by atoms with Crippen LogP contribution in [-0.4, -0.2) is 17.3 Å². The number of halogens is 1. The van der Waals surface area contributed by atoms with Gasteiger partial charge in [0.05, 0.1) is 13.0 Å². The average Bonchev–Trinajstić information content (AvgIpc) is 3.12. The van der Waals surface area contributed by atoms with Gasteiger partial charge in [-0.15, -0.1) is 5.10 Å². The van der Waals surface area contributed by atoms with Gasteiger partial charge in [0.1, 0.15) is 29.7 Å². The number of aromatic amines is 1. The highest BCUT2D eigenvalue weighted by atomic mass is 35.5. The summed E-state index contributed by atoms with van der Waals surface area (Å²) in [5.74, 6) is 1.39. The van der Waals surface area contributed by atoms with Crippen molar-refractivity contribution in [3.8, 4) is 23.4 Å². The number of nitrogens with zero attached hydrogens (tertiary/aromatic N) is 2. The van der Waals surface area contributed by atoms with Crippen molar-refractivity contribution < 1.29 is 14.2 Å². The van der Waals surface area contributed by atoms with Gasteiger partial charge >= 0.3 is 0 Å². The van der Waals surface area contributed by atoms with Crippen molar-refractivity contribution in [1.29, 1.82) is 5.26 Å². The summed E-state index contributed by atoms with van der Waals surface area (Å²) in [6.45, 7) is 2.16. The molecule has 152 valence electrons. The van der Waals surface area contributed by atoms with Crippen LogP contribution in [-0.2, 0) is 6.61 Å². The molecule has 2 heterocycles. The standard InChI is InChI=1S/C22H19ClN4O3/c1-12-19-20(17(10-24)21(25)30-22(19)27-26-12)13-3-8-18(28-2)14(9-13)11-29-16-6-4-15(23)5-7-16/h3-9,20H,11,25H2,1-2H3,(H,26,27)/t20-/m0/s1. The van der Waals surface area contributed by atoms with Crippen LogP contribution in [0.25, 0.3) is 0 Å². The Kier molecular flexibility index (Phi) is 5.25. The van der Waals surface area contributed by atoms with E-state index in [-0.39, 0.29) is 12.5 Å². The smallest absolute Gasteiger partial charge is 0.244 e. The Morgan fingerprint density at radius 2 is 2.03 bits per heavy atom. The molecule has 3 N–H and O–H groups in total. The molecule has 0 spiro atoms. The van der Waals surface area contributed by atoms with Crippen LogP contribution in [0.4, 0.5) is 0 Å². The number of H-pyrrole nitrogens is 1.